The number of hydrogen-bond acceptors (Lipinski definition) is 3. The first-order valence-electron chi connectivity index (χ1n) is 5.50. The monoisotopic (exact) mass is 223 g/mol. The first-order chi connectivity index (χ1) is 7.42. The van der Waals surface area contributed by atoms with E-state index in [9.17, 15) is 0 Å². The zero-order valence-electron chi connectivity index (χ0n) is 9.03. The van der Waals surface area contributed by atoms with E-state index in [1.807, 2.05) is 0 Å². The van der Waals surface area contributed by atoms with Crippen LogP contribution in [-0.4, -0.2) is 13.2 Å². The largest absolute Gasteiger partial charge is 0.496 e. The van der Waals surface area contributed by atoms with Crippen LogP contribution in [0.25, 0.3) is 0 Å². The summed E-state index contributed by atoms with van der Waals surface area (Å²) >= 11 is 1.74. The van der Waals surface area contributed by atoms with Gasteiger partial charge in [0.1, 0.15) is 5.76 Å². The average molecular weight is 223 g/mol. The Bertz CT molecular complexity index is 318. The molecule has 0 amide bonds. The Morgan fingerprint density at radius 1 is 1.60 bits per heavy atom. The Morgan fingerprint density at radius 2 is 2.53 bits per heavy atom. The van der Waals surface area contributed by atoms with Crippen LogP contribution in [0.4, 0.5) is 0 Å². The zero-order chi connectivity index (χ0) is 10.5. The quantitative estimate of drug-likeness (QED) is 0.828. The molecule has 0 aromatic carbocycles. The molecule has 15 heavy (non-hydrogen) atoms. The highest BCUT2D eigenvalue weighted by Gasteiger charge is 2.20. The van der Waals surface area contributed by atoms with Crippen molar-refractivity contribution in [2.24, 2.45) is 0 Å². The molecule has 2 nitrogen and oxygen atoms in total. The lowest BCUT2D eigenvalue weighted by molar-refractivity contribution is 0.215. The van der Waals surface area contributed by atoms with Crippen LogP contribution < -0.4 is 5.32 Å². The van der Waals surface area contributed by atoms with Gasteiger partial charge in [-0.05, 0) is 41.4 Å². The van der Waals surface area contributed by atoms with Gasteiger partial charge in [-0.3, -0.25) is 0 Å². The smallest absolute Gasteiger partial charge is 0.114 e. The van der Waals surface area contributed by atoms with Crippen LogP contribution in [0.1, 0.15) is 31.4 Å². The molecule has 0 bridgehead atoms. The highest BCUT2D eigenvalue weighted by molar-refractivity contribution is 7.08. The molecule has 2 rings (SSSR count). The van der Waals surface area contributed by atoms with Gasteiger partial charge in [-0.1, -0.05) is 6.92 Å². The second-order valence-electron chi connectivity index (χ2n) is 3.69. The van der Waals surface area contributed by atoms with Crippen LogP contribution in [0.2, 0.25) is 0 Å². The lowest BCUT2D eigenvalue weighted by Gasteiger charge is -2.18. The Kier molecular flexibility index (Phi) is 3.80. The van der Waals surface area contributed by atoms with Crippen molar-refractivity contribution < 1.29 is 4.74 Å². The molecule has 0 fully saturated rings. The first-order valence-corrected chi connectivity index (χ1v) is 6.44. The molecule has 82 valence electrons. The van der Waals surface area contributed by atoms with Gasteiger partial charge in [0.25, 0.3) is 0 Å². The van der Waals surface area contributed by atoms with Crippen LogP contribution in [-0.2, 0) is 4.74 Å². The molecule has 2 heterocycles. The standard InChI is InChI=1S/C12H17NOS/c1-2-6-13-12(10-5-8-15-9-10)11-4-3-7-14-11/h4-5,8-9,12-13H,2-3,6-7H2,1H3. The topological polar surface area (TPSA) is 21.3 Å². The molecule has 0 aliphatic carbocycles. The van der Waals surface area contributed by atoms with Gasteiger partial charge in [-0.25, -0.2) is 0 Å². The van der Waals surface area contributed by atoms with Crippen molar-refractivity contribution in [3.63, 3.8) is 0 Å². The minimum absolute atomic E-state index is 0.263. The van der Waals surface area contributed by atoms with Crippen molar-refractivity contribution in [1.29, 1.82) is 0 Å². The van der Waals surface area contributed by atoms with Gasteiger partial charge in [-0.15, -0.1) is 0 Å². The molecule has 1 aliphatic rings. The Hall–Kier alpha value is -0.800. The molecule has 0 saturated carbocycles. The highest BCUT2D eigenvalue weighted by atomic mass is 32.1. The van der Waals surface area contributed by atoms with E-state index in [4.69, 9.17) is 4.74 Å². The van der Waals surface area contributed by atoms with E-state index in [2.05, 4.69) is 35.1 Å². The van der Waals surface area contributed by atoms with Crippen LogP contribution in [0, 0.1) is 0 Å². The van der Waals surface area contributed by atoms with Crippen molar-refractivity contribution in [3.8, 4) is 0 Å². The number of rotatable bonds is 5. The molecule has 0 radical (unpaired) electrons. The van der Waals surface area contributed by atoms with E-state index in [-0.39, 0.29) is 6.04 Å². The summed E-state index contributed by atoms with van der Waals surface area (Å²) in [4.78, 5) is 0. The molecule has 1 atom stereocenters. The van der Waals surface area contributed by atoms with E-state index < -0.39 is 0 Å². The second-order valence-corrected chi connectivity index (χ2v) is 4.47. The molecule has 1 aliphatic heterocycles. The number of ether oxygens (including phenoxy) is 1. The van der Waals surface area contributed by atoms with Crippen LogP contribution in [0.3, 0.4) is 0 Å². The van der Waals surface area contributed by atoms with Gasteiger partial charge < -0.3 is 10.1 Å². The third kappa shape index (κ3) is 2.61. The maximum Gasteiger partial charge on any atom is 0.114 e. The number of hydrogen-bond donors (Lipinski definition) is 1. The van der Waals surface area contributed by atoms with Crippen molar-refractivity contribution in [3.05, 3.63) is 34.2 Å². The minimum atomic E-state index is 0.263. The molecular weight excluding hydrogens is 206 g/mol. The second kappa shape index (κ2) is 5.33. The summed E-state index contributed by atoms with van der Waals surface area (Å²) in [5.74, 6) is 1.10. The molecule has 1 N–H and O–H groups in total. The van der Waals surface area contributed by atoms with E-state index in [1.54, 1.807) is 11.3 Å². The fourth-order valence-electron chi connectivity index (χ4n) is 1.75. The zero-order valence-corrected chi connectivity index (χ0v) is 9.85. The normalized spacial score (nSPS) is 17.3. The van der Waals surface area contributed by atoms with Crippen molar-refractivity contribution in [2.75, 3.05) is 13.2 Å². The molecule has 1 aromatic heterocycles. The van der Waals surface area contributed by atoms with Crippen molar-refractivity contribution in [2.45, 2.75) is 25.8 Å². The van der Waals surface area contributed by atoms with E-state index in [0.717, 1.165) is 31.8 Å². The molecule has 1 unspecified atom stereocenters. The predicted octanol–water partition coefficient (Wildman–Crippen LogP) is 3.09. The van der Waals surface area contributed by atoms with Gasteiger partial charge in [-0.2, -0.15) is 11.3 Å². The predicted molar refractivity (Wildman–Crippen MR) is 64.0 cm³/mol. The fourth-order valence-corrected chi connectivity index (χ4v) is 2.43. The summed E-state index contributed by atoms with van der Waals surface area (Å²) in [5, 5.41) is 7.83. The molecule has 0 spiro atoms. The third-order valence-corrected chi connectivity index (χ3v) is 3.19. The van der Waals surface area contributed by atoms with Gasteiger partial charge in [0.05, 0.1) is 12.6 Å². The average Bonchev–Trinajstić information content (AvgIpc) is 2.90. The molecule has 1 aromatic rings. The third-order valence-electron chi connectivity index (χ3n) is 2.49. The van der Waals surface area contributed by atoms with Crippen molar-refractivity contribution >= 4 is 11.3 Å². The first kappa shape index (κ1) is 10.7. The van der Waals surface area contributed by atoms with E-state index in [1.165, 1.54) is 5.56 Å². The van der Waals surface area contributed by atoms with E-state index >= 15 is 0 Å². The van der Waals surface area contributed by atoms with Gasteiger partial charge in [0.2, 0.25) is 0 Å². The summed E-state index contributed by atoms with van der Waals surface area (Å²) in [7, 11) is 0. The Balaban J connectivity index is 2.09. The summed E-state index contributed by atoms with van der Waals surface area (Å²) < 4.78 is 5.64. The van der Waals surface area contributed by atoms with Crippen LogP contribution in [0.15, 0.2) is 28.7 Å². The maximum absolute atomic E-state index is 5.64. The lowest BCUT2D eigenvalue weighted by atomic mass is 10.1. The summed E-state index contributed by atoms with van der Waals surface area (Å²) in [6.07, 6.45) is 4.39. The van der Waals surface area contributed by atoms with Crippen LogP contribution >= 0.6 is 11.3 Å². The van der Waals surface area contributed by atoms with Gasteiger partial charge in [0.15, 0.2) is 0 Å². The Morgan fingerprint density at radius 3 is 3.13 bits per heavy atom. The molecule has 3 heteroatoms. The summed E-state index contributed by atoms with van der Waals surface area (Å²) in [6.45, 7) is 4.05. The van der Waals surface area contributed by atoms with Crippen LogP contribution in [0.5, 0.6) is 0 Å². The number of thiophene rings is 1. The van der Waals surface area contributed by atoms with Gasteiger partial charge in [0, 0.05) is 6.42 Å². The number of nitrogens with one attached hydrogen (secondary N) is 1. The van der Waals surface area contributed by atoms with E-state index in [0.29, 0.717) is 0 Å². The summed E-state index contributed by atoms with van der Waals surface area (Å²) in [6, 6.07) is 2.43. The Labute approximate surface area is 95.0 Å². The summed E-state index contributed by atoms with van der Waals surface area (Å²) in [5.41, 5.74) is 1.32. The molecule has 0 saturated heterocycles. The fraction of sp³-hybridized carbons (Fsp3) is 0.500. The van der Waals surface area contributed by atoms with Gasteiger partial charge >= 0.3 is 0 Å². The van der Waals surface area contributed by atoms with Crippen molar-refractivity contribution in [1.82, 2.24) is 5.32 Å². The lowest BCUT2D eigenvalue weighted by Crippen LogP contribution is -2.23. The highest BCUT2D eigenvalue weighted by Crippen LogP contribution is 2.27. The molecular formula is C12H17NOS. The SMILES string of the molecule is CCCNC(C1=CCCO1)c1ccsc1. The maximum atomic E-state index is 5.64. The minimum Gasteiger partial charge on any atom is -0.496 e.